The maximum absolute atomic E-state index is 10.7. The number of nitro groups is 1. The molecule has 0 saturated heterocycles. The van der Waals surface area contributed by atoms with Crippen molar-refractivity contribution in [2.24, 2.45) is 0 Å². The van der Waals surface area contributed by atoms with Crippen molar-refractivity contribution in [1.82, 2.24) is 0 Å². The normalized spacial score (nSPS) is 10.3. The van der Waals surface area contributed by atoms with Crippen LogP contribution in [0, 0.1) is 10.1 Å². The van der Waals surface area contributed by atoms with Crippen LogP contribution in [0.5, 0.6) is 0 Å². The molecule has 0 fully saturated rings. The van der Waals surface area contributed by atoms with Crippen molar-refractivity contribution in [1.29, 1.82) is 0 Å². The van der Waals surface area contributed by atoms with Crippen molar-refractivity contribution >= 4 is 11.4 Å². The van der Waals surface area contributed by atoms with Crippen LogP contribution in [0.2, 0.25) is 0 Å². The molecule has 0 aliphatic heterocycles. The van der Waals surface area contributed by atoms with Crippen LogP contribution in [0.15, 0.2) is 18.2 Å². The van der Waals surface area contributed by atoms with Gasteiger partial charge in [0.1, 0.15) is 5.69 Å². The summed E-state index contributed by atoms with van der Waals surface area (Å²) in [5, 5.41) is 13.5. The van der Waals surface area contributed by atoms with E-state index in [0.29, 0.717) is 11.6 Å². The van der Waals surface area contributed by atoms with E-state index >= 15 is 0 Å². The van der Waals surface area contributed by atoms with E-state index < -0.39 is 0 Å². The predicted octanol–water partition coefficient (Wildman–Crippen LogP) is 2.76. The van der Waals surface area contributed by atoms with E-state index in [1.165, 1.54) is 0 Å². The summed E-state index contributed by atoms with van der Waals surface area (Å²) in [6.07, 6.45) is 0. The van der Waals surface area contributed by atoms with Gasteiger partial charge in [0.25, 0.3) is 5.69 Å². The average Bonchev–Trinajstić information content (AvgIpc) is 2.16. The Labute approximate surface area is 83.1 Å². The van der Waals surface area contributed by atoms with Crippen LogP contribution in [-0.4, -0.2) is 12.0 Å². The first-order valence-electron chi connectivity index (χ1n) is 4.52. The van der Waals surface area contributed by atoms with Gasteiger partial charge < -0.3 is 5.32 Å². The lowest BCUT2D eigenvalue weighted by Gasteiger charge is -2.07. The van der Waals surface area contributed by atoms with Gasteiger partial charge in [0.15, 0.2) is 0 Å². The second-order valence-corrected chi connectivity index (χ2v) is 3.44. The van der Waals surface area contributed by atoms with E-state index in [4.69, 9.17) is 0 Å². The highest BCUT2D eigenvalue weighted by atomic mass is 16.6. The lowest BCUT2D eigenvalue weighted by molar-refractivity contribution is -0.384. The Balaban J connectivity index is 3.21. The van der Waals surface area contributed by atoms with Crippen molar-refractivity contribution in [2.75, 3.05) is 12.4 Å². The standard InChI is InChI=1S/C10H14N2O2/c1-7(2)8-4-5-9(11-3)10(6-8)12(13)14/h4-7,11H,1-3H3. The quantitative estimate of drug-likeness (QED) is 0.594. The van der Waals surface area contributed by atoms with Crippen LogP contribution in [0.25, 0.3) is 0 Å². The molecule has 0 bridgehead atoms. The maximum Gasteiger partial charge on any atom is 0.292 e. The maximum atomic E-state index is 10.7. The molecule has 4 nitrogen and oxygen atoms in total. The molecule has 0 aliphatic rings. The first kappa shape index (κ1) is 10.5. The molecule has 0 saturated carbocycles. The molecule has 0 aromatic heterocycles. The Morgan fingerprint density at radius 3 is 2.50 bits per heavy atom. The number of anilines is 1. The molecule has 0 radical (unpaired) electrons. The highest BCUT2D eigenvalue weighted by molar-refractivity contribution is 5.62. The Bertz CT molecular complexity index is 348. The Hall–Kier alpha value is -1.58. The summed E-state index contributed by atoms with van der Waals surface area (Å²) in [6, 6.07) is 5.27. The van der Waals surface area contributed by atoms with Gasteiger partial charge in [-0.1, -0.05) is 19.9 Å². The molecule has 0 atom stereocenters. The van der Waals surface area contributed by atoms with Crippen LogP contribution in [0.4, 0.5) is 11.4 Å². The summed E-state index contributed by atoms with van der Waals surface area (Å²) in [5.74, 6) is 0.305. The lowest BCUT2D eigenvalue weighted by Crippen LogP contribution is -1.98. The van der Waals surface area contributed by atoms with E-state index in [1.54, 1.807) is 19.2 Å². The number of nitrogens with one attached hydrogen (secondary N) is 1. The van der Waals surface area contributed by atoms with E-state index in [2.05, 4.69) is 5.32 Å². The zero-order chi connectivity index (χ0) is 10.7. The van der Waals surface area contributed by atoms with Crippen LogP contribution < -0.4 is 5.32 Å². The third-order valence-corrected chi connectivity index (χ3v) is 2.15. The second kappa shape index (κ2) is 4.09. The van der Waals surface area contributed by atoms with Crippen molar-refractivity contribution in [2.45, 2.75) is 19.8 Å². The molecule has 76 valence electrons. The summed E-state index contributed by atoms with van der Waals surface area (Å²) in [7, 11) is 1.68. The van der Waals surface area contributed by atoms with Gasteiger partial charge in [0.05, 0.1) is 4.92 Å². The number of benzene rings is 1. The topological polar surface area (TPSA) is 55.2 Å². The summed E-state index contributed by atoms with van der Waals surface area (Å²) < 4.78 is 0. The largest absolute Gasteiger partial charge is 0.383 e. The third-order valence-electron chi connectivity index (χ3n) is 2.15. The third kappa shape index (κ3) is 2.02. The van der Waals surface area contributed by atoms with Crippen molar-refractivity contribution in [3.05, 3.63) is 33.9 Å². The van der Waals surface area contributed by atoms with Crippen LogP contribution in [-0.2, 0) is 0 Å². The SMILES string of the molecule is CNc1ccc(C(C)C)cc1[N+](=O)[O-]. The first-order chi connectivity index (χ1) is 6.56. The molecule has 1 aromatic carbocycles. The molecule has 14 heavy (non-hydrogen) atoms. The summed E-state index contributed by atoms with van der Waals surface area (Å²) in [5.41, 5.74) is 1.67. The fraction of sp³-hybridized carbons (Fsp3) is 0.400. The highest BCUT2D eigenvalue weighted by Gasteiger charge is 2.14. The molecule has 4 heteroatoms. The van der Waals surface area contributed by atoms with Gasteiger partial charge in [-0.2, -0.15) is 0 Å². The van der Waals surface area contributed by atoms with E-state index in [-0.39, 0.29) is 10.6 Å². The number of nitro benzene ring substituents is 1. The smallest absolute Gasteiger partial charge is 0.292 e. The lowest BCUT2D eigenvalue weighted by atomic mass is 10.0. The van der Waals surface area contributed by atoms with Crippen molar-refractivity contribution in [3.63, 3.8) is 0 Å². The summed E-state index contributed by atoms with van der Waals surface area (Å²) in [6.45, 7) is 4.02. The number of hydrogen-bond acceptors (Lipinski definition) is 3. The predicted molar refractivity (Wildman–Crippen MR) is 56.7 cm³/mol. The Morgan fingerprint density at radius 1 is 1.43 bits per heavy atom. The van der Waals surface area contributed by atoms with E-state index in [9.17, 15) is 10.1 Å². The van der Waals surface area contributed by atoms with E-state index in [0.717, 1.165) is 5.56 Å². The molecular weight excluding hydrogens is 180 g/mol. The zero-order valence-electron chi connectivity index (χ0n) is 8.57. The molecule has 0 amide bonds. The highest BCUT2D eigenvalue weighted by Crippen LogP contribution is 2.27. The second-order valence-electron chi connectivity index (χ2n) is 3.44. The molecule has 1 N–H and O–H groups in total. The minimum Gasteiger partial charge on any atom is -0.383 e. The van der Waals surface area contributed by atoms with Crippen LogP contribution in [0.1, 0.15) is 25.3 Å². The molecule has 1 aromatic rings. The van der Waals surface area contributed by atoms with Gasteiger partial charge in [-0.3, -0.25) is 10.1 Å². The average molecular weight is 194 g/mol. The van der Waals surface area contributed by atoms with Crippen LogP contribution >= 0.6 is 0 Å². The first-order valence-corrected chi connectivity index (χ1v) is 4.52. The van der Waals surface area contributed by atoms with Crippen molar-refractivity contribution < 1.29 is 4.92 Å². The van der Waals surface area contributed by atoms with Gasteiger partial charge in [-0.15, -0.1) is 0 Å². The molecular formula is C10H14N2O2. The van der Waals surface area contributed by atoms with Gasteiger partial charge >= 0.3 is 0 Å². The van der Waals surface area contributed by atoms with Gasteiger partial charge in [-0.05, 0) is 17.5 Å². The summed E-state index contributed by atoms with van der Waals surface area (Å²) >= 11 is 0. The number of rotatable bonds is 3. The molecule has 0 unspecified atom stereocenters. The fourth-order valence-electron chi connectivity index (χ4n) is 1.27. The summed E-state index contributed by atoms with van der Waals surface area (Å²) in [4.78, 5) is 10.4. The fourth-order valence-corrected chi connectivity index (χ4v) is 1.27. The van der Waals surface area contributed by atoms with E-state index in [1.807, 2.05) is 19.9 Å². The Kier molecular flexibility index (Phi) is 3.06. The number of nitrogens with zero attached hydrogens (tertiary/aromatic N) is 1. The Morgan fingerprint density at radius 2 is 2.07 bits per heavy atom. The van der Waals surface area contributed by atoms with Gasteiger partial charge in [0.2, 0.25) is 0 Å². The molecule has 1 rings (SSSR count). The van der Waals surface area contributed by atoms with Gasteiger partial charge in [-0.25, -0.2) is 0 Å². The monoisotopic (exact) mass is 194 g/mol. The minimum absolute atomic E-state index is 0.138. The molecule has 0 spiro atoms. The van der Waals surface area contributed by atoms with Crippen molar-refractivity contribution in [3.8, 4) is 0 Å². The molecule has 0 heterocycles. The zero-order valence-corrected chi connectivity index (χ0v) is 8.57. The van der Waals surface area contributed by atoms with Crippen LogP contribution in [0.3, 0.4) is 0 Å². The number of hydrogen-bond donors (Lipinski definition) is 1. The molecule has 0 aliphatic carbocycles. The minimum atomic E-state index is -0.363. The van der Waals surface area contributed by atoms with Gasteiger partial charge in [0, 0.05) is 13.1 Å².